The largest absolute Gasteiger partial charge is 0.496 e. The summed E-state index contributed by atoms with van der Waals surface area (Å²) in [5, 5.41) is 0. The number of benzene rings is 1. The highest BCUT2D eigenvalue weighted by molar-refractivity contribution is 7.89. The van der Waals surface area contributed by atoms with Crippen molar-refractivity contribution >= 4 is 22.4 Å². The maximum Gasteiger partial charge on any atom is 0.243 e. The van der Waals surface area contributed by atoms with Crippen molar-refractivity contribution < 1.29 is 13.2 Å². The maximum atomic E-state index is 12.5. The topological polar surface area (TPSA) is 72.6 Å². The molecule has 1 aliphatic rings. The number of hydrogen-bond acceptors (Lipinski definition) is 4. The summed E-state index contributed by atoms with van der Waals surface area (Å²) in [5.74, 6) is 0.689. The summed E-state index contributed by atoms with van der Waals surface area (Å²) in [4.78, 5) is 0.305. The first-order valence-corrected chi connectivity index (χ1v) is 7.79. The molecule has 1 atom stereocenters. The molecule has 0 saturated carbocycles. The van der Waals surface area contributed by atoms with Crippen LogP contribution in [-0.4, -0.2) is 39.0 Å². The molecule has 0 amide bonds. The number of aryl methyl sites for hydroxylation is 1. The molecule has 0 aromatic heterocycles. The number of halogens is 1. The third kappa shape index (κ3) is 3.44. The molecule has 2 rings (SSSR count). The molecule has 2 N–H and O–H groups in total. The van der Waals surface area contributed by atoms with E-state index in [2.05, 4.69) is 0 Å². The zero-order valence-corrected chi connectivity index (χ0v) is 13.3. The van der Waals surface area contributed by atoms with Crippen LogP contribution in [0.1, 0.15) is 18.4 Å². The summed E-state index contributed by atoms with van der Waals surface area (Å²) >= 11 is 0. The maximum absolute atomic E-state index is 12.5. The van der Waals surface area contributed by atoms with Crippen LogP contribution in [0.15, 0.2) is 23.1 Å². The number of hydrogen-bond donors (Lipinski definition) is 1. The molecule has 1 fully saturated rings. The van der Waals surface area contributed by atoms with Crippen LogP contribution < -0.4 is 10.5 Å². The Morgan fingerprint density at radius 1 is 1.40 bits per heavy atom. The van der Waals surface area contributed by atoms with Crippen molar-refractivity contribution in [2.24, 2.45) is 5.73 Å². The lowest BCUT2D eigenvalue weighted by Gasteiger charge is -2.30. The van der Waals surface area contributed by atoms with E-state index in [0.29, 0.717) is 23.7 Å². The lowest BCUT2D eigenvalue weighted by atomic mass is 10.1. The molecule has 20 heavy (non-hydrogen) atoms. The van der Waals surface area contributed by atoms with Crippen LogP contribution in [0.25, 0.3) is 0 Å². The van der Waals surface area contributed by atoms with Crippen LogP contribution >= 0.6 is 12.4 Å². The Kier molecular flexibility index (Phi) is 5.82. The van der Waals surface area contributed by atoms with Gasteiger partial charge in [0.25, 0.3) is 0 Å². The predicted molar refractivity (Wildman–Crippen MR) is 80.9 cm³/mol. The minimum Gasteiger partial charge on any atom is -0.496 e. The van der Waals surface area contributed by atoms with Crippen molar-refractivity contribution in [1.82, 2.24) is 4.31 Å². The normalized spacial score (nSPS) is 20.2. The van der Waals surface area contributed by atoms with E-state index < -0.39 is 10.0 Å². The number of rotatable bonds is 3. The molecule has 1 heterocycles. The fourth-order valence-corrected chi connectivity index (χ4v) is 3.97. The molecule has 1 aromatic rings. The third-order valence-corrected chi connectivity index (χ3v) is 5.29. The van der Waals surface area contributed by atoms with Gasteiger partial charge in [-0.05, 0) is 43.5 Å². The van der Waals surface area contributed by atoms with Gasteiger partial charge in [-0.1, -0.05) is 0 Å². The van der Waals surface area contributed by atoms with Gasteiger partial charge in [-0.3, -0.25) is 0 Å². The van der Waals surface area contributed by atoms with Gasteiger partial charge in [0, 0.05) is 19.1 Å². The summed E-state index contributed by atoms with van der Waals surface area (Å²) in [7, 11) is -1.88. The van der Waals surface area contributed by atoms with Gasteiger partial charge in [0.2, 0.25) is 10.0 Å². The lowest BCUT2D eigenvalue weighted by Crippen LogP contribution is -2.45. The van der Waals surface area contributed by atoms with E-state index in [0.717, 1.165) is 18.4 Å². The van der Waals surface area contributed by atoms with Gasteiger partial charge in [0.1, 0.15) is 5.75 Å². The number of nitrogens with zero attached hydrogens (tertiary/aromatic N) is 1. The number of ether oxygens (including phenoxy) is 1. The first-order valence-electron chi connectivity index (χ1n) is 6.35. The molecule has 1 saturated heterocycles. The van der Waals surface area contributed by atoms with Crippen molar-refractivity contribution in [3.63, 3.8) is 0 Å². The molecule has 0 aliphatic carbocycles. The van der Waals surface area contributed by atoms with Gasteiger partial charge in [0.05, 0.1) is 12.0 Å². The Morgan fingerprint density at radius 3 is 2.65 bits per heavy atom. The Labute approximate surface area is 126 Å². The molecular formula is C13H21ClN2O3S. The van der Waals surface area contributed by atoms with Crippen LogP contribution in [0.4, 0.5) is 0 Å². The van der Waals surface area contributed by atoms with Crippen molar-refractivity contribution in [2.75, 3.05) is 20.2 Å². The van der Waals surface area contributed by atoms with E-state index in [1.807, 2.05) is 6.92 Å². The second-order valence-corrected chi connectivity index (χ2v) is 6.83. The summed E-state index contributed by atoms with van der Waals surface area (Å²) in [6, 6.07) is 4.85. The Bertz CT molecular complexity index is 563. The van der Waals surface area contributed by atoms with Crippen molar-refractivity contribution in [3.8, 4) is 5.75 Å². The molecule has 1 aliphatic heterocycles. The van der Waals surface area contributed by atoms with E-state index in [1.165, 1.54) is 4.31 Å². The zero-order valence-electron chi connectivity index (χ0n) is 11.7. The highest BCUT2D eigenvalue weighted by atomic mass is 35.5. The van der Waals surface area contributed by atoms with Crippen LogP contribution in [0.2, 0.25) is 0 Å². The van der Waals surface area contributed by atoms with Gasteiger partial charge in [-0.2, -0.15) is 4.31 Å². The molecule has 1 aromatic carbocycles. The third-order valence-electron chi connectivity index (χ3n) is 3.42. The summed E-state index contributed by atoms with van der Waals surface area (Å²) in [6.45, 7) is 2.77. The molecule has 5 nitrogen and oxygen atoms in total. The van der Waals surface area contributed by atoms with Crippen molar-refractivity contribution in [2.45, 2.75) is 30.7 Å². The van der Waals surface area contributed by atoms with Crippen LogP contribution in [-0.2, 0) is 10.0 Å². The number of methoxy groups -OCH3 is 1. The zero-order chi connectivity index (χ0) is 14.0. The fraction of sp³-hybridized carbons (Fsp3) is 0.538. The molecule has 0 spiro atoms. The van der Waals surface area contributed by atoms with Crippen LogP contribution in [0.3, 0.4) is 0 Å². The lowest BCUT2D eigenvalue weighted by molar-refractivity contribution is 0.316. The smallest absolute Gasteiger partial charge is 0.243 e. The molecule has 114 valence electrons. The van der Waals surface area contributed by atoms with Gasteiger partial charge in [-0.15, -0.1) is 12.4 Å². The minimum absolute atomic E-state index is 0. The Balaban J connectivity index is 0.00000200. The van der Waals surface area contributed by atoms with Gasteiger partial charge < -0.3 is 10.5 Å². The molecule has 0 unspecified atom stereocenters. The quantitative estimate of drug-likeness (QED) is 0.917. The second kappa shape index (κ2) is 6.76. The van der Waals surface area contributed by atoms with Crippen LogP contribution in [0.5, 0.6) is 5.75 Å². The van der Waals surface area contributed by atoms with E-state index in [-0.39, 0.29) is 18.4 Å². The van der Waals surface area contributed by atoms with E-state index in [9.17, 15) is 8.42 Å². The highest BCUT2D eigenvalue weighted by Crippen LogP contribution is 2.25. The molecule has 0 bridgehead atoms. The summed E-state index contributed by atoms with van der Waals surface area (Å²) < 4.78 is 31.6. The summed E-state index contributed by atoms with van der Waals surface area (Å²) in [5.41, 5.74) is 6.66. The molecule has 7 heteroatoms. The van der Waals surface area contributed by atoms with Crippen LogP contribution in [0, 0.1) is 6.92 Å². The van der Waals surface area contributed by atoms with E-state index >= 15 is 0 Å². The average molecular weight is 321 g/mol. The average Bonchev–Trinajstić information content (AvgIpc) is 2.38. The van der Waals surface area contributed by atoms with Gasteiger partial charge in [-0.25, -0.2) is 8.42 Å². The standard InChI is InChI=1S/C13H20N2O3S.ClH/c1-10-8-12(5-6-13(10)18-2)19(16,17)15-7-3-4-11(14)9-15;/h5-6,8,11H,3-4,7,9,14H2,1-2H3;1H/t11-;/m1./s1. The second-order valence-electron chi connectivity index (χ2n) is 4.90. The van der Waals surface area contributed by atoms with E-state index in [4.69, 9.17) is 10.5 Å². The number of piperidine rings is 1. The first-order chi connectivity index (χ1) is 8.95. The van der Waals surface area contributed by atoms with E-state index in [1.54, 1.807) is 25.3 Å². The van der Waals surface area contributed by atoms with Gasteiger partial charge in [0.15, 0.2) is 0 Å². The van der Waals surface area contributed by atoms with Crippen molar-refractivity contribution in [1.29, 1.82) is 0 Å². The number of sulfonamides is 1. The Morgan fingerprint density at radius 2 is 2.10 bits per heavy atom. The fourth-order valence-electron chi connectivity index (χ4n) is 2.35. The predicted octanol–water partition coefficient (Wildman–Crippen LogP) is 1.54. The minimum atomic E-state index is -3.44. The summed E-state index contributed by atoms with van der Waals surface area (Å²) in [6.07, 6.45) is 1.70. The SMILES string of the molecule is COc1ccc(S(=O)(=O)N2CCC[C@@H](N)C2)cc1C.Cl. The first kappa shape index (κ1) is 17.2. The monoisotopic (exact) mass is 320 g/mol. The van der Waals surface area contributed by atoms with Crippen molar-refractivity contribution in [3.05, 3.63) is 23.8 Å². The Hall–Kier alpha value is -0.820. The number of nitrogens with two attached hydrogens (primary N) is 1. The molecular weight excluding hydrogens is 300 g/mol. The molecule has 0 radical (unpaired) electrons. The highest BCUT2D eigenvalue weighted by Gasteiger charge is 2.29. The van der Waals surface area contributed by atoms with Gasteiger partial charge >= 0.3 is 0 Å².